The highest BCUT2D eigenvalue weighted by Gasteiger charge is 2.36. The van der Waals surface area contributed by atoms with Gasteiger partial charge >= 0.3 is 0 Å². The molecule has 1 aromatic rings. The lowest BCUT2D eigenvalue weighted by Crippen LogP contribution is -2.41. The molecule has 106 valence electrons. The fourth-order valence-electron chi connectivity index (χ4n) is 2.45. The number of pyridine rings is 1. The normalized spacial score (nSPS) is 17.8. The van der Waals surface area contributed by atoms with E-state index in [4.69, 9.17) is 0 Å². The van der Waals surface area contributed by atoms with Gasteiger partial charge in [0.05, 0.1) is 0 Å². The van der Waals surface area contributed by atoms with E-state index in [1.807, 2.05) is 0 Å². The van der Waals surface area contributed by atoms with Crippen LogP contribution in [0, 0.1) is 5.41 Å². The Labute approximate surface area is 114 Å². The number of rotatable bonds is 6. The van der Waals surface area contributed by atoms with Gasteiger partial charge in [-0.1, -0.05) is 13.3 Å². The Morgan fingerprint density at radius 2 is 2.16 bits per heavy atom. The van der Waals surface area contributed by atoms with Crippen molar-refractivity contribution in [2.45, 2.75) is 37.5 Å². The molecule has 5 nitrogen and oxygen atoms in total. The van der Waals surface area contributed by atoms with Crippen molar-refractivity contribution in [1.29, 1.82) is 0 Å². The molecule has 0 bridgehead atoms. The summed E-state index contributed by atoms with van der Waals surface area (Å²) >= 11 is 0. The number of hydrogen-bond donors (Lipinski definition) is 2. The fraction of sp³-hybridized carbons (Fsp3) is 0.615. The van der Waals surface area contributed by atoms with Crippen molar-refractivity contribution in [2.75, 3.05) is 18.9 Å². The van der Waals surface area contributed by atoms with Crippen molar-refractivity contribution < 1.29 is 8.42 Å². The van der Waals surface area contributed by atoms with Crippen LogP contribution < -0.4 is 10.0 Å². The lowest BCUT2D eigenvalue weighted by molar-refractivity contribution is 0.133. The van der Waals surface area contributed by atoms with Crippen molar-refractivity contribution in [2.24, 2.45) is 5.41 Å². The Kier molecular flexibility index (Phi) is 4.10. The Bertz CT molecular complexity index is 533. The van der Waals surface area contributed by atoms with E-state index in [-0.39, 0.29) is 10.3 Å². The van der Waals surface area contributed by atoms with Crippen molar-refractivity contribution >= 4 is 15.8 Å². The average molecular weight is 283 g/mol. The maximum absolute atomic E-state index is 12.3. The fourth-order valence-corrected chi connectivity index (χ4v) is 3.77. The van der Waals surface area contributed by atoms with Gasteiger partial charge in [0.1, 0.15) is 10.7 Å². The van der Waals surface area contributed by atoms with Crippen LogP contribution >= 0.6 is 0 Å². The number of sulfonamides is 1. The maximum atomic E-state index is 12.3. The molecule has 0 aromatic carbocycles. The van der Waals surface area contributed by atoms with Crippen LogP contribution in [-0.2, 0) is 10.0 Å². The summed E-state index contributed by atoms with van der Waals surface area (Å²) in [6.07, 6.45) is 6.01. The molecular formula is C13H21N3O2S. The zero-order chi connectivity index (χ0) is 13.9. The van der Waals surface area contributed by atoms with Crippen LogP contribution in [0.4, 0.5) is 5.82 Å². The predicted molar refractivity (Wildman–Crippen MR) is 75.5 cm³/mol. The summed E-state index contributed by atoms with van der Waals surface area (Å²) < 4.78 is 27.4. The Hall–Kier alpha value is -1.14. The highest BCUT2D eigenvalue weighted by Crippen LogP contribution is 2.43. The van der Waals surface area contributed by atoms with Gasteiger partial charge in [0.15, 0.2) is 0 Å². The summed E-state index contributed by atoms with van der Waals surface area (Å²) in [5.41, 5.74) is 0.162. The van der Waals surface area contributed by atoms with E-state index in [9.17, 15) is 8.42 Å². The first kappa shape index (κ1) is 14.3. The molecule has 19 heavy (non-hydrogen) atoms. The van der Waals surface area contributed by atoms with Crippen LogP contribution in [-0.4, -0.2) is 27.0 Å². The smallest absolute Gasteiger partial charge is 0.244 e. The molecule has 0 aliphatic heterocycles. The van der Waals surface area contributed by atoms with Crippen LogP contribution in [0.25, 0.3) is 0 Å². The van der Waals surface area contributed by atoms with Crippen LogP contribution in [0.5, 0.6) is 0 Å². The molecule has 1 saturated carbocycles. The first-order valence-electron chi connectivity index (χ1n) is 6.65. The zero-order valence-electron chi connectivity index (χ0n) is 11.4. The minimum absolute atomic E-state index is 0.162. The number of hydrogen-bond acceptors (Lipinski definition) is 4. The summed E-state index contributed by atoms with van der Waals surface area (Å²) in [6.45, 7) is 2.64. The van der Waals surface area contributed by atoms with E-state index in [1.54, 1.807) is 25.4 Å². The highest BCUT2D eigenvalue weighted by molar-refractivity contribution is 7.89. The van der Waals surface area contributed by atoms with E-state index in [0.29, 0.717) is 12.4 Å². The largest absolute Gasteiger partial charge is 0.372 e. The second-order valence-corrected chi connectivity index (χ2v) is 6.87. The summed E-state index contributed by atoms with van der Waals surface area (Å²) in [4.78, 5) is 4.24. The van der Waals surface area contributed by atoms with Crippen LogP contribution in [0.2, 0.25) is 0 Å². The van der Waals surface area contributed by atoms with Crippen molar-refractivity contribution in [3.8, 4) is 0 Å². The van der Waals surface area contributed by atoms with Gasteiger partial charge < -0.3 is 5.32 Å². The predicted octanol–water partition coefficient (Wildman–Crippen LogP) is 1.98. The summed E-state index contributed by atoms with van der Waals surface area (Å²) in [7, 11) is -1.83. The molecule has 2 rings (SSSR count). The monoisotopic (exact) mass is 283 g/mol. The van der Waals surface area contributed by atoms with Gasteiger partial charge in [-0.05, 0) is 36.8 Å². The number of nitrogens with zero attached hydrogens (tertiary/aromatic N) is 1. The number of nitrogens with one attached hydrogen (secondary N) is 2. The van der Waals surface area contributed by atoms with Gasteiger partial charge in [0, 0.05) is 19.8 Å². The molecule has 1 aromatic heterocycles. The first-order chi connectivity index (χ1) is 9.03. The summed E-state index contributed by atoms with van der Waals surface area (Å²) in [5, 5.41) is 2.81. The highest BCUT2D eigenvalue weighted by atomic mass is 32.2. The maximum Gasteiger partial charge on any atom is 0.244 e. The van der Waals surface area contributed by atoms with Crippen molar-refractivity contribution in [3.05, 3.63) is 18.3 Å². The molecule has 0 amide bonds. The SMILES string of the molecule is CCC1(CNS(=O)(=O)c2cccnc2NC)CCC1. The van der Waals surface area contributed by atoms with Crippen LogP contribution in [0.3, 0.4) is 0 Å². The molecule has 1 fully saturated rings. The zero-order valence-corrected chi connectivity index (χ0v) is 12.3. The van der Waals surface area contributed by atoms with Crippen molar-refractivity contribution in [1.82, 2.24) is 9.71 Å². The third-order valence-electron chi connectivity index (χ3n) is 4.10. The second kappa shape index (κ2) is 5.46. The molecule has 1 heterocycles. The lowest BCUT2D eigenvalue weighted by Gasteiger charge is -2.41. The summed E-state index contributed by atoms with van der Waals surface area (Å²) in [5.74, 6) is 0.383. The van der Waals surface area contributed by atoms with Crippen LogP contribution in [0.15, 0.2) is 23.2 Å². The van der Waals surface area contributed by atoms with Crippen LogP contribution in [0.1, 0.15) is 32.6 Å². The molecule has 2 N–H and O–H groups in total. The minimum Gasteiger partial charge on any atom is -0.372 e. The molecule has 0 atom stereocenters. The second-order valence-electron chi connectivity index (χ2n) is 5.13. The molecule has 0 unspecified atom stereocenters. The van der Waals surface area contributed by atoms with E-state index < -0.39 is 10.0 Å². The Balaban J connectivity index is 2.14. The van der Waals surface area contributed by atoms with Crippen molar-refractivity contribution in [3.63, 3.8) is 0 Å². The lowest BCUT2D eigenvalue weighted by atomic mass is 9.67. The van der Waals surface area contributed by atoms with Gasteiger partial charge in [-0.2, -0.15) is 0 Å². The number of anilines is 1. The first-order valence-corrected chi connectivity index (χ1v) is 8.14. The van der Waals surface area contributed by atoms with Gasteiger partial charge in [-0.25, -0.2) is 18.1 Å². The standard InChI is InChI=1S/C13H21N3O2S/c1-3-13(7-5-8-13)10-16-19(17,18)11-6-4-9-15-12(11)14-2/h4,6,9,16H,3,5,7-8,10H2,1-2H3,(H,14,15). The Morgan fingerprint density at radius 1 is 1.42 bits per heavy atom. The van der Waals surface area contributed by atoms with Gasteiger partial charge in [0.2, 0.25) is 10.0 Å². The minimum atomic E-state index is -3.50. The average Bonchev–Trinajstić information content (AvgIpc) is 2.38. The molecule has 6 heteroatoms. The third kappa shape index (κ3) is 2.90. The molecular weight excluding hydrogens is 262 g/mol. The van der Waals surface area contributed by atoms with E-state index in [1.165, 1.54) is 6.42 Å². The van der Waals surface area contributed by atoms with Gasteiger partial charge in [-0.3, -0.25) is 0 Å². The molecule has 1 aliphatic rings. The molecule has 0 spiro atoms. The Morgan fingerprint density at radius 3 is 2.68 bits per heavy atom. The molecule has 0 saturated heterocycles. The van der Waals surface area contributed by atoms with Gasteiger partial charge in [0.25, 0.3) is 0 Å². The third-order valence-corrected chi connectivity index (χ3v) is 5.53. The summed E-state index contributed by atoms with van der Waals surface area (Å²) in [6, 6.07) is 3.20. The van der Waals surface area contributed by atoms with E-state index in [2.05, 4.69) is 21.9 Å². The molecule has 0 radical (unpaired) electrons. The molecule has 1 aliphatic carbocycles. The van der Waals surface area contributed by atoms with E-state index in [0.717, 1.165) is 19.3 Å². The van der Waals surface area contributed by atoms with Gasteiger partial charge in [-0.15, -0.1) is 0 Å². The van der Waals surface area contributed by atoms with E-state index >= 15 is 0 Å². The number of aromatic nitrogens is 1. The topological polar surface area (TPSA) is 71.1 Å². The quantitative estimate of drug-likeness (QED) is 0.837.